The molecule has 6 heteroatoms. The van der Waals surface area contributed by atoms with E-state index in [4.69, 9.17) is 4.74 Å². The van der Waals surface area contributed by atoms with Gasteiger partial charge in [-0.3, -0.25) is 10.1 Å². The summed E-state index contributed by atoms with van der Waals surface area (Å²) in [5, 5.41) is 13.3. The Balaban J connectivity index is 1.89. The van der Waals surface area contributed by atoms with E-state index >= 15 is 0 Å². The summed E-state index contributed by atoms with van der Waals surface area (Å²) >= 11 is 0. The topological polar surface area (TPSA) is 69.4 Å². The van der Waals surface area contributed by atoms with Crippen LogP contribution in [0, 0.1) is 10.1 Å². The van der Waals surface area contributed by atoms with Crippen molar-refractivity contribution in [3.8, 4) is 5.75 Å². The molecule has 0 spiro atoms. The molecule has 0 atom stereocenters. The van der Waals surface area contributed by atoms with Gasteiger partial charge in [0.25, 0.3) is 5.69 Å². The summed E-state index contributed by atoms with van der Waals surface area (Å²) in [6.45, 7) is 1.80. The lowest BCUT2D eigenvalue weighted by molar-refractivity contribution is -0.384. The average molecular weight is 391 g/mol. The first-order valence-corrected chi connectivity index (χ1v) is 10.6. The van der Waals surface area contributed by atoms with Crippen molar-refractivity contribution in [3.05, 3.63) is 106 Å². The summed E-state index contributed by atoms with van der Waals surface area (Å²) in [7, 11) is -3.17. The van der Waals surface area contributed by atoms with Gasteiger partial charge in [-0.25, -0.2) is 0 Å². The Morgan fingerprint density at radius 3 is 2.04 bits per heavy atom. The molecular formula is C22H18NO4P. The van der Waals surface area contributed by atoms with Crippen LogP contribution in [0.2, 0.25) is 0 Å². The molecule has 5 nitrogen and oxygen atoms in total. The fourth-order valence-corrected chi connectivity index (χ4v) is 6.50. The predicted molar refractivity (Wildman–Crippen MR) is 110 cm³/mol. The van der Waals surface area contributed by atoms with Crippen molar-refractivity contribution in [3.63, 3.8) is 0 Å². The third kappa shape index (κ3) is 3.04. The monoisotopic (exact) mass is 391 g/mol. The maximum absolute atomic E-state index is 14.5. The largest absolute Gasteiger partial charge is 0.461 e. The molecule has 0 saturated carbocycles. The summed E-state index contributed by atoms with van der Waals surface area (Å²) < 4.78 is 20.5. The van der Waals surface area contributed by atoms with E-state index in [2.05, 4.69) is 0 Å². The number of hydrogen-bond acceptors (Lipinski definition) is 4. The van der Waals surface area contributed by atoms with Gasteiger partial charge in [-0.1, -0.05) is 60.7 Å². The van der Waals surface area contributed by atoms with Gasteiger partial charge in [0.05, 0.1) is 4.92 Å². The lowest BCUT2D eigenvalue weighted by atomic mass is 10.1. The number of rotatable bonds is 4. The first kappa shape index (κ1) is 18.2. The zero-order valence-corrected chi connectivity index (χ0v) is 16.1. The second-order valence-corrected chi connectivity index (χ2v) is 9.40. The van der Waals surface area contributed by atoms with Crippen LogP contribution >= 0.6 is 7.14 Å². The van der Waals surface area contributed by atoms with Crippen molar-refractivity contribution < 1.29 is 14.2 Å². The van der Waals surface area contributed by atoms with Crippen LogP contribution < -0.4 is 15.3 Å². The van der Waals surface area contributed by atoms with Crippen LogP contribution in [0.4, 0.5) is 5.69 Å². The Hall–Kier alpha value is -3.17. The number of benzene rings is 3. The lowest BCUT2D eigenvalue weighted by Gasteiger charge is -2.28. The molecule has 0 fully saturated rings. The van der Waals surface area contributed by atoms with E-state index < -0.39 is 12.1 Å². The molecule has 0 bridgehead atoms. The van der Waals surface area contributed by atoms with Gasteiger partial charge in [-0.05, 0) is 13.0 Å². The number of nitro benzene ring substituents is 1. The minimum Gasteiger partial charge on any atom is -0.461 e. The van der Waals surface area contributed by atoms with Gasteiger partial charge in [0.15, 0.2) is 7.14 Å². The van der Waals surface area contributed by atoms with Crippen LogP contribution in [0.1, 0.15) is 12.5 Å². The first-order valence-electron chi connectivity index (χ1n) is 8.87. The molecular weight excluding hydrogens is 373 g/mol. The highest BCUT2D eigenvalue weighted by molar-refractivity contribution is 7.82. The molecule has 0 unspecified atom stereocenters. The smallest absolute Gasteiger partial charge is 0.269 e. The van der Waals surface area contributed by atoms with E-state index in [0.29, 0.717) is 39.4 Å². The van der Waals surface area contributed by atoms with Crippen LogP contribution in [-0.2, 0) is 11.0 Å². The molecule has 1 aliphatic heterocycles. The molecule has 0 radical (unpaired) electrons. The molecule has 0 aliphatic carbocycles. The Labute approximate surface area is 162 Å². The van der Waals surface area contributed by atoms with Crippen molar-refractivity contribution >= 4 is 23.4 Å². The third-order valence-electron chi connectivity index (χ3n) is 4.90. The number of hydrogen-bond donors (Lipinski definition) is 0. The number of nitrogens with zero attached hydrogens (tertiary/aromatic N) is 1. The molecule has 3 aromatic carbocycles. The number of fused-ring (bicyclic) bond motifs is 1. The zero-order valence-electron chi connectivity index (χ0n) is 15.2. The van der Waals surface area contributed by atoms with Crippen molar-refractivity contribution in [2.24, 2.45) is 0 Å². The van der Waals surface area contributed by atoms with Gasteiger partial charge < -0.3 is 9.30 Å². The normalized spacial score (nSPS) is 13.6. The van der Waals surface area contributed by atoms with Crippen molar-refractivity contribution in [1.29, 1.82) is 0 Å². The maximum Gasteiger partial charge on any atom is 0.269 e. The van der Waals surface area contributed by atoms with Crippen LogP contribution in [0.5, 0.6) is 5.75 Å². The fourth-order valence-electron chi connectivity index (χ4n) is 3.52. The fraction of sp³-hybridized carbons (Fsp3) is 0.0909. The number of non-ortho nitro benzene ring substituents is 1. The maximum atomic E-state index is 14.5. The van der Waals surface area contributed by atoms with Crippen LogP contribution in [0.25, 0.3) is 0 Å². The number of nitro groups is 1. The molecule has 0 amide bonds. The van der Waals surface area contributed by atoms with E-state index in [9.17, 15) is 14.7 Å². The molecule has 3 aromatic rings. The van der Waals surface area contributed by atoms with E-state index in [0.717, 1.165) is 0 Å². The molecule has 0 saturated heterocycles. The Morgan fingerprint density at radius 2 is 1.50 bits per heavy atom. The first-order chi connectivity index (χ1) is 13.5. The second-order valence-electron chi connectivity index (χ2n) is 6.61. The van der Waals surface area contributed by atoms with Crippen molar-refractivity contribution in [2.75, 3.05) is 0 Å². The van der Waals surface area contributed by atoms with Crippen LogP contribution in [-0.4, -0.2) is 4.92 Å². The lowest BCUT2D eigenvalue weighted by Crippen LogP contribution is -2.21. The van der Waals surface area contributed by atoms with Crippen LogP contribution in [0.15, 0.2) is 89.9 Å². The Morgan fingerprint density at radius 1 is 0.929 bits per heavy atom. The van der Waals surface area contributed by atoms with E-state index in [1.165, 1.54) is 12.1 Å². The number of allylic oxidation sites excluding steroid dienone is 2. The van der Waals surface area contributed by atoms with Crippen molar-refractivity contribution in [2.45, 2.75) is 13.3 Å². The summed E-state index contributed by atoms with van der Waals surface area (Å²) in [6, 6.07) is 23.2. The minimum atomic E-state index is -3.17. The summed E-state index contributed by atoms with van der Waals surface area (Å²) in [5.41, 5.74) is 0.664. The summed E-state index contributed by atoms with van der Waals surface area (Å²) in [6.07, 6.45) is 0.337. The molecule has 1 aliphatic rings. The third-order valence-corrected chi connectivity index (χ3v) is 8.19. The van der Waals surface area contributed by atoms with Crippen LogP contribution in [0.3, 0.4) is 0 Å². The summed E-state index contributed by atoms with van der Waals surface area (Å²) in [4.78, 5) is 10.7. The molecule has 4 rings (SSSR count). The van der Waals surface area contributed by atoms with Crippen molar-refractivity contribution in [1.82, 2.24) is 0 Å². The second kappa shape index (κ2) is 7.10. The van der Waals surface area contributed by atoms with Gasteiger partial charge in [0.1, 0.15) is 11.5 Å². The van der Waals surface area contributed by atoms with E-state index in [1.807, 2.05) is 60.7 Å². The van der Waals surface area contributed by atoms with Gasteiger partial charge >= 0.3 is 0 Å². The minimum absolute atomic E-state index is 0.00416. The Kier molecular flexibility index (Phi) is 4.62. The average Bonchev–Trinajstić information content (AvgIpc) is 2.73. The quantitative estimate of drug-likeness (QED) is 0.365. The standard InChI is InChI=1S/C22H18NO4P/c1-16-22(15-17-14-18(23(24)25)12-13-21(17)27-16)28(26,19-8-4-2-5-9-19)20-10-6-3-7-11-20/h2-14H,15H2,1H3. The molecule has 0 aromatic heterocycles. The summed E-state index contributed by atoms with van der Waals surface area (Å²) in [5.74, 6) is 1.15. The van der Waals surface area contributed by atoms with Gasteiger partial charge in [0, 0.05) is 40.0 Å². The molecule has 0 N–H and O–H groups in total. The highest BCUT2D eigenvalue weighted by Crippen LogP contribution is 2.56. The van der Waals surface area contributed by atoms with E-state index in [-0.39, 0.29) is 5.69 Å². The Bertz CT molecular complexity index is 1080. The molecule has 1 heterocycles. The number of ether oxygens (including phenoxy) is 1. The highest BCUT2D eigenvalue weighted by Gasteiger charge is 2.36. The molecule has 140 valence electrons. The van der Waals surface area contributed by atoms with Gasteiger partial charge in [0.2, 0.25) is 0 Å². The van der Waals surface area contributed by atoms with Gasteiger partial charge in [-0.15, -0.1) is 0 Å². The SMILES string of the molecule is CC1=C(P(=O)(c2ccccc2)c2ccccc2)Cc2cc([N+](=O)[O-])ccc2O1. The van der Waals surface area contributed by atoms with Gasteiger partial charge in [-0.2, -0.15) is 0 Å². The predicted octanol–water partition coefficient (Wildman–Crippen LogP) is 4.78. The highest BCUT2D eigenvalue weighted by atomic mass is 31.2. The van der Waals surface area contributed by atoms with E-state index in [1.54, 1.807) is 13.0 Å². The zero-order chi connectivity index (χ0) is 19.7. The molecule has 28 heavy (non-hydrogen) atoms.